The molecule has 0 spiro atoms. The van der Waals surface area contributed by atoms with Crippen molar-refractivity contribution in [2.45, 2.75) is 32.9 Å². The summed E-state index contributed by atoms with van der Waals surface area (Å²) in [5, 5.41) is 4.91. The van der Waals surface area contributed by atoms with Crippen LogP contribution in [-0.4, -0.2) is 25.2 Å². The fourth-order valence-electron chi connectivity index (χ4n) is 4.11. The number of aromatic nitrogens is 3. The van der Waals surface area contributed by atoms with Gasteiger partial charge in [-0.1, -0.05) is 42.5 Å². The summed E-state index contributed by atoms with van der Waals surface area (Å²) in [5.41, 5.74) is 5.53. The summed E-state index contributed by atoms with van der Waals surface area (Å²) < 4.78 is 4.09. The zero-order valence-corrected chi connectivity index (χ0v) is 17.0. The van der Waals surface area contributed by atoms with Crippen molar-refractivity contribution in [3.05, 3.63) is 102 Å². The highest BCUT2D eigenvalue weighted by molar-refractivity contribution is 5.77. The fourth-order valence-corrected chi connectivity index (χ4v) is 4.11. The van der Waals surface area contributed by atoms with Gasteiger partial charge in [0.2, 0.25) is 5.91 Å². The monoisotopic (exact) mass is 396 g/mol. The van der Waals surface area contributed by atoms with Gasteiger partial charge in [0.25, 0.3) is 0 Å². The maximum Gasteiger partial charge on any atom is 0.223 e. The van der Waals surface area contributed by atoms with Crippen LogP contribution in [-0.2, 0) is 24.3 Å². The Hall–Kier alpha value is -3.60. The summed E-state index contributed by atoms with van der Waals surface area (Å²) in [5.74, 6) is 1.19. The van der Waals surface area contributed by atoms with Crippen molar-refractivity contribution in [2.75, 3.05) is 0 Å². The van der Waals surface area contributed by atoms with Gasteiger partial charge < -0.3 is 9.47 Å². The highest BCUT2D eigenvalue weighted by Gasteiger charge is 2.31. The third-order valence-corrected chi connectivity index (χ3v) is 5.65. The zero-order valence-electron chi connectivity index (χ0n) is 17.0. The molecule has 4 aromatic rings. The van der Waals surface area contributed by atoms with Crippen molar-refractivity contribution < 1.29 is 4.79 Å². The normalized spacial score (nSPS) is 12.9. The number of benzene rings is 2. The number of hydrogen-bond acceptors (Lipinski definition) is 2. The third kappa shape index (κ3) is 3.43. The first-order valence-corrected chi connectivity index (χ1v) is 10.3. The maximum atomic E-state index is 12.9. The Morgan fingerprint density at radius 1 is 0.967 bits per heavy atom. The summed E-state index contributed by atoms with van der Waals surface area (Å²) in [7, 11) is 0. The molecule has 5 nitrogen and oxygen atoms in total. The van der Waals surface area contributed by atoms with Gasteiger partial charge in [-0.3, -0.25) is 4.79 Å². The molecule has 0 saturated heterocycles. The molecule has 150 valence electrons. The van der Waals surface area contributed by atoms with E-state index in [0.29, 0.717) is 19.5 Å². The van der Waals surface area contributed by atoms with E-state index < -0.39 is 0 Å². The van der Waals surface area contributed by atoms with E-state index in [1.165, 1.54) is 11.1 Å². The molecule has 1 aliphatic heterocycles. The lowest BCUT2D eigenvalue weighted by atomic mass is 10.1. The Balaban J connectivity index is 1.42. The van der Waals surface area contributed by atoms with Crippen LogP contribution in [0.25, 0.3) is 11.5 Å². The summed E-state index contributed by atoms with van der Waals surface area (Å²) in [6.07, 6.45) is 5.35. The average molecular weight is 396 g/mol. The molecule has 2 aromatic heterocycles. The predicted molar refractivity (Wildman–Crippen MR) is 117 cm³/mol. The van der Waals surface area contributed by atoms with Gasteiger partial charge in [0.15, 0.2) is 0 Å². The Morgan fingerprint density at radius 2 is 1.77 bits per heavy atom. The lowest BCUT2D eigenvalue weighted by Gasteiger charge is -2.17. The number of fused-ring (bicyclic) bond motifs is 1. The molecule has 30 heavy (non-hydrogen) atoms. The second-order valence-corrected chi connectivity index (χ2v) is 7.83. The van der Waals surface area contributed by atoms with Crippen LogP contribution in [0.2, 0.25) is 0 Å². The van der Waals surface area contributed by atoms with E-state index in [1.807, 2.05) is 52.3 Å². The van der Waals surface area contributed by atoms with E-state index in [1.54, 1.807) is 0 Å². The number of rotatable bonds is 5. The van der Waals surface area contributed by atoms with Crippen LogP contribution >= 0.6 is 0 Å². The standard InChI is InChI=1S/C25H24N4O/c1-19-8-7-11-21(16-19)29-25(27-14-5-6-15-27)22-17-28(18-23(22)26-29)24(30)13-12-20-9-3-2-4-10-20/h2-11,14-16H,12-13,17-18H2,1H3. The first-order valence-electron chi connectivity index (χ1n) is 10.3. The average Bonchev–Trinajstić information content (AvgIpc) is 3.48. The van der Waals surface area contributed by atoms with E-state index in [2.05, 4.69) is 47.9 Å². The van der Waals surface area contributed by atoms with Crippen LogP contribution in [0.5, 0.6) is 0 Å². The summed E-state index contributed by atoms with van der Waals surface area (Å²) >= 11 is 0. The van der Waals surface area contributed by atoms with Crippen molar-refractivity contribution in [1.82, 2.24) is 19.2 Å². The summed E-state index contributed by atoms with van der Waals surface area (Å²) in [6, 6.07) is 22.6. The summed E-state index contributed by atoms with van der Waals surface area (Å²) in [4.78, 5) is 14.8. The van der Waals surface area contributed by atoms with E-state index >= 15 is 0 Å². The molecule has 1 amide bonds. The quantitative estimate of drug-likeness (QED) is 0.500. The molecule has 0 N–H and O–H groups in total. The second kappa shape index (κ2) is 7.67. The first-order chi connectivity index (χ1) is 14.7. The third-order valence-electron chi connectivity index (χ3n) is 5.65. The van der Waals surface area contributed by atoms with Crippen molar-refractivity contribution in [3.8, 4) is 11.5 Å². The van der Waals surface area contributed by atoms with Gasteiger partial charge in [0, 0.05) is 24.4 Å². The maximum absolute atomic E-state index is 12.9. The van der Waals surface area contributed by atoms with Gasteiger partial charge >= 0.3 is 0 Å². The van der Waals surface area contributed by atoms with Crippen molar-refractivity contribution in [1.29, 1.82) is 0 Å². The van der Waals surface area contributed by atoms with Gasteiger partial charge in [0.1, 0.15) is 5.82 Å². The minimum absolute atomic E-state index is 0.178. The number of carbonyl (C=O) groups is 1. The molecular weight excluding hydrogens is 372 g/mol. The van der Waals surface area contributed by atoms with Crippen LogP contribution in [0.4, 0.5) is 0 Å². The summed E-state index contributed by atoms with van der Waals surface area (Å²) in [6.45, 7) is 3.25. The number of hydrogen-bond donors (Lipinski definition) is 0. The zero-order chi connectivity index (χ0) is 20.5. The lowest BCUT2D eigenvalue weighted by molar-refractivity contribution is -0.131. The van der Waals surface area contributed by atoms with Crippen LogP contribution < -0.4 is 0 Å². The van der Waals surface area contributed by atoms with Gasteiger partial charge in [0.05, 0.1) is 24.5 Å². The van der Waals surface area contributed by atoms with Crippen LogP contribution in [0.3, 0.4) is 0 Å². The topological polar surface area (TPSA) is 43.1 Å². The highest BCUT2D eigenvalue weighted by atomic mass is 16.2. The Morgan fingerprint density at radius 3 is 2.53 bits per heavy atom. The second-order valence-electron chi connectivity index (χ2n) is 7.83. The molecule has 0 unspecified atom stereocenters. The fraction of sp³-hybridized carbons (Fsp3) is 0.200. The van der Waals surface area contributed by atoms with Crippen molar-refractivity contribution >= 4 is 5.91 Å². The van der Waals surface area contributed by atoms with Gasteiger partial charge in [-0.2, -0.15) is 5.10 Å². The van der Waals surface area contributed by atoms with Crippen molar-refractivity contribution in [2.24, 2.45) is 0 Å². The molecule has 0 saturated carbocycles. The molecule has 5 rings (SSSR count). The molecule has 5 heteroatoms. The molecule has 2 aromatic carbocycles. The number of amides is 1. The SMILES string of the molecule is Cc1cccc(-n2nc3c(c2-n2cccc2)CN(C(=O)CCc2ccccc2)C3)c1. The minimum Gasteiger partial charge on any atom is -0.332 e. The van der Waals surface area contributed by atoms with Gasteiger partial charge in [-0.25, -0.2) is 4.68 Å². The van der Waals surface area contributed by atoms with Crippen LogP contribution in [0.1, 0.15) is 28.8 Å². The first kappa shape index (κ1) is 18.4. The molecule has 0 radical (unpaired) electrons. The lowest BCUT2D eigenvalue weighted by Crippen LogP contribution is -2.26. The highest BCUT2D eigenvalue weighted by Crippen LogP contribution is 2.31. The Labute approximate surface area is 176 Å². The minimum atomic E-state index is 0.178. The molecule has 0 fully saturated rings. The predicted octanol–water partition coefficient (Wildman–Crippen LogP) is 4.45. The van der Waals surface area contributed by atoms with Crippen LogP contribution in [0.15, 0.2) is 79.1 Å². The largest absolute Gasteiger partial charge is 0.332 e. The Kier molecular flexibility index (Phi) is 4.71. The van der Waals surface area contributed by atoms with Crippen LogP contribution in [0, 0.1) is 6.92 Å². The number of aryl methyl sites for hydroxylation is 2. The van der Waals surface area contributed by atoms with E-state index in [4.69, 9.17) is 5.10 Å². The molecule has 1 aliphatic rings. The van der Waals surface area contributed by atoms with E-state index in [9.17, 15) is 4.79 Å². The smallest absolute Gasteiger partial charge is 0.223 e. The Bertz CT molecular complexity index is 1180. The van der Waals surface area contributed by atoms with E-state index in [0.717, 1.165) is 29.2 Å². The molecule has 0 aliphatic carbocycles. The number of nitrogens with zero attached hydrogens (tertiary/aromatic N) is 4. The van der Waals surface area contributed by atoms with Gasteiger partial charge in [-0.05, 0) is 48.7 Å². The molecule has 0 bridgehead atoms. The number of carbonyl (C=O) groups excluding carboxylic acids is 1. The van der Waals surface area contributed by atoms with Gasteiger partial charge in [-0.15, -0.1) is 0 Å². The molecule has 3 heterocycles. The molecule has 0 atom stereocenters. The molecular formula is C25H24N4O. The van der Waals surface area contributed by atoms with E-state index in [-0.39, 0.29) is 5.91 Å². The van der Waals surface area contributed by atoms with Crippen molar-refractivity contribution in [3.63, 3.8) is 0 Å².